The van der Waals surface area contributed by atoms with E-state index in [4.69, 9.17) is 9.47 Å². The molecule has 0 heterocycles. The average Bonchev–Trinajstić information content (AvgIpc) is 3.15. The predicted octanol–water partition coefficient (Wildman–Crippen LogP) is 12.5. The molecule has 314 valence electrons. The van der Waals surface area contributed by atoms with Gasteiger partial charge in [-0.05, 0) is 64.6 Å². The van der Waals surface area contributed by atoms with Gasteiger partial charge in [0.05, 0.1) is 24.9 Å². The van der Waals surface area contributed by atoms with Crippen molar-refractivity contribution >= 4 is 17.8 Å². The molecule has 53 heavy (non-hydrogen) atoms. The highest BCUT2D eigenvalue weighted by Crippen LogP contribution is 2.22. The molecular weight excluding hydrogens is 661 g/mol. The lowest BCUT2D eigenvalue weighted by atomic mass is 9.94. The molecule has 0 fully saturated rings. The van der Waals surface area contributed by atoms with Crippen LogP contribution in [-0.2, 0) is 23.9 Å². The molecular formula is C46H90N2O5. The Hall–Kier alpha value is -1.63. The molecule has 0 aliphatic heterocycles. The van der Waals surface area contributed by atoms with E-state index in [2.05, 4.69) is 46.4 Å². The highest BCUT2D eigenvalue weighted by molar-refractivity contribution is 5.76. The lowest BCUT2D eigenvalue weighted by Crippen LogP contribution is -2.38. The van der Waals surface area contributed by atoms with Crippen LogP contribution in [0.25, 0.3) is 0 Å². The Kier molecular flexibility index (Phi) is 37.4. The quantitative estimate of drug-likeness (QED) is 0.0458. The zero-order valence-electron chi connectivity index (χ0n) is 36.3. The Morgan fingerprint density at radius 3 is 1.09 bits per heavy atom. The zero-order valence-corrected chi connectivity index (χ0v) is 36.3. The Labute approximate surface area is 329 Å². The molecule has 1 amide bonds. The van der Waals surface area contributed by atoms with Crippen LogP contribution in [0.4, 0.5) is 0 Å². The highest BCUT2D eigenvalue weighted by atomic mass is 16.5. The summed E-state index contributed by atoms with van der Waals surface area (Å²) in [7, 11) is 0. The maximum atomic E-state index is 13.6. The Morgan fingerprint density at radius 2 is 0.736 bits per heavy atom. The molecule has 0 aromatic heterocycles. The van der Waals surface area contributed by atoms with Crippen LogP contribution < -0.4 is 0 Å². The lowest BCUT2D eigenvalue weighted by molar-refractivity contribution is -0.152. The minimum Gasteiger partial charge on any atom is -0.464 e. The normalized spacial score (nSPS) is 12.6. The molecule has 0 bridgehead atoms. The van der Waals surface area contributed by atoms with Gasteiger partial charge in [-0.1, -0.05) is 170 Å². The average molecular weight is 751 g/mol. The van der Waals surface area contributed by atoms with Crippen molar-refractivity contribution in [3.05, 3.63) is 0 Å². The minimum atomic E-state index is -0.107. The van der Waals surface area contributed by atoms with Crippen LogP contribution in [-0.4, -0.2) is 73.6 Å². The van der Waals surface area contributed by atoms with Crippen molar-refractivity contribution < 1.29 is 23.9 Å². The first-order valence-electron chi connectivity index (χ1n) is 23.2. The van der Waals surface area contributed by atoms with Crippen LogP contribution >= 0.6 is 0 Å². The van der Waals surface area contributed by atoms with Crippen molar-refractivity contribution in [2.24, 2.45) is 11.8 Å². The molecule has 7 nitrogen and oxygen atoms in total. The van der Waals surface area contributed by atoms with Gasteiger partial charge in [0.25, 0.3) is 0 Å². The molecule has 0 aliphatic rings. The van der Waals surface area contributed by atoms with E-state index < -0.39 is 0 Å². The summed E-state index contributed by atoms with van der Waals surface area (Å²) >= 11 is 0. The second-order valence-corrected chi connectivity index (χ2v) is 15.9. The lowest BCUT2D eigenvalue weighted by Gasteiger charge is -2.25. The van der Waals surface area contributed by atoms with Crippen molar-refractivity contribution in [2.75, 3.05) is 45.9 Å². The molecule has 2 unspecified atom stereocenters. The maximum Gasteiger partial charge on any atom is 0.308 e. The Morgan fingerprint density at radius 1 is 0.396 bits per heavy atom. The van der Waals surface area contributed by atoms with Crippen molar-refractivity contribution in [2.45, 2.75) is 221 Å². The summed E-state index contributed by atoms with van der Waals surface area (Å²) in [6.07, 6.45) is 30.7. The van der Waals surface area contributed by atoms with E-state index in [0.29, 0.717) is 19.5 Å². The zero-order chi connectivity index (χ0) is 39.2. The van der Waals surface area contributed by atoms with Gasteiger partial charge in [-0.15, -0.1) is 0 Å². The number of hydrogen-bond acceptors (Lipinski definition) is 6. The van der Waals surface area contributed by atoms with Crippen LogP contribution in [0.15, 0.2) is 0 Å². The number of carbonyl (C=O) groups excluding carboxylic acids is 3. The molecule has 0 aliphatic carbocycles. The number of nitrogens with zero attached hydrogens (tertiary/aromatic N) is 2. The molecule has 0 spiro atoms. The van der Waals surface area contributed by atoms with E-state index in [9.17, 15) is 14.4 Å². The van der Waals surface area contributed by atoms with Gasteiger partial charge < -0.3 is 19.3 Å². The first-order valence-corrected chi connectivity index (χ1v) is 23.2. The van der Waals surface area contributed by atoms with Crippen LogP contribution in [0.2, 0.25) is 0 Å². The van der Waals surface area contributed by atoms with Crippen LogP contribution in [0.3, 0.4) is 0 Å². The number of unbranched alkanes of at least 4 members (excludes halogenated alkanes) is 16. The maximum absolute atomic E-state index is 13.6. The first-order chi connectivity index (χ1) is 25.9. The van der Waals surface area contributed by atoms with Crippen molar-refractivity contribution in [3.8, 4) is 0 Å². The van der Waals surface area contributed by atoms with Crippen LogP contribution in [0.1, 0.15) is 221 Å². The summed E-state index contributed by atoms with van der Waals surface area (Å²) in [4.78, 5) is 44.5. The van der Waals surface area contributed by atoms with Crippen LogP contribution in [0, 0.1) is 11.8 Å². The highest BCUT2D eigenvalue weighted by Gasteiger charge is 2.23. The van der Waals surface area contributed by atoms with Gasteiger partial charge in [0.15, 0.2) is 0 Å². The Balaban J connectivity index is 5.38. The summed E-state index contributed by atoms with van der Waals surface area (Å²) in [6.45, 7) is 17.4. The number of esters is 2. The van der Waals surface area contributed by atoms with E-state index in [1.165, 1.54) is 89.9 Å². The fourth-order valence-electron chi connectivity index (χ4n) is 7.43. The van der Waals surface area contributed by atoms with Gasteiger partial charge >= 0.3 is 11.9 Å². The molecule has 0 radical (unpaired) electrons. The summed E-state index contributed by atoms with van der Waals surface area (Å²) in [5.74, 6) is -0.288. The third-order valence-corrected chi connectivity index (χ3v) is 10.8. The number of ether oxygens (including phenoxy) is 2. The topological polar surface area (TPSA) is 76.1 Å². The van der Waals surface area contributed by atoms with E-state index >= 15 is 0 Å². The molecule has 7 heteroatoms. The number of hydrogen-bond donors (Lipinski definition) is 0. The molecule has 0 saturated carbocycles. The van der Waals surface area contributed by atoms with E-state index in [1.807, 2.05) is 0 Å². The summed E-state index contributed by atoms with van der Waals surface area (Å²) in [6, 6.07) is 0. The van der Waals surface area contributed by atoms with E-state index in [0.717, 1.165) is 103 Å². The molecule has 0 saturated heterocycles. The smallest absolute Gasteiger partial charge is 0.308 e. The summed E-state index contributed by atoms with van der Waals surface area (Å²) in [5, 5.41) is 0. The first kappa shape index (κ1) is 51.4. The molecule has 0 rings (SSSR count). The molecule has 0 aromatic carbocycles. The second-order valence-electron chi connectivity index (χ2n) is 15.9. The number of amides is 1. The summed E-state index contributed by atoms with van der Waals surface area (Å²) < 4.78 is 11.8. The van der Waals surface area contributed by atoms with Gasteiger partial charge in [-0.3, -0.25) is 14.4 Å². The fourth-order valence-corrected chi connectivity index (χ4v) is 7.43. The van der Waals surface area contributed by atoms with E-state index in [-0.39, 0.29) is 42.9 Å². The van der Waals surface area contributed by atoms with Gasteiger partial charge in [0, 0.05) is 6.42 Å². The third kappa shape index (κ3) is 30.3. The monoisotopic (exact) mass is 751 g/mol. The molecule has 0 N–H and O–H groups in total. The minimum absolute atomic E-state index is 0.0523. The number of rotatable bonds is 40. The van der Waals surface area contributed by atoms with Crippen molar-refractivity contribution in [3.63, 3.8) is 0 Å². The predicted molar refractivity (Wildman–Crippen MR) is 225 cm³/mol. The fraction of sp³-hybridized carbons (Fsp3) is 0.935. The van der Waals surface area contributed by atoms with Gasteiger partial charge in [-0.25, -0.2) is 0 Å². The molecule has 2 atom stereocenters. The van der Waals surface area contributed by atoms with Gasteiger partial charge in [-0.2, -0.15) is 0 Å². The van der Waals surface area contributed by atoms with Crippen LogP contribution in [0.5, 0.6) is 0 Å². The van der Waals surface area contributed by atoms with Crippen molar-refractivity contribution in [1.82, 2.24) is 9.80 Å². The SMILES string of the molecule is CCCCCCCCC(CCCCCC)C(=O)OCCN(CCOC(=O)C(CCCCCC)CCCCCCCC)C(=O)CCCN(CCC)CCC. The Bertz CT molecular complexity index is 781. The number of carbonyl (C=O) groups is 3. The third-order valence-electron chi connectivity index (χ3n) is 10.8. The van der Waals surface area contributed by atoms with Gasteiger partial charge in [0.1, 0.15) is 13.2 Å². The van der Waals surface area contributed by atoms with E-state index in [1.54, 1.807) is 4.90 Å². The van der Waals surface area contributed by atoms with Crippen molar-refractivity contribution in [1.29, 1.82) is 0 Å². The largest absolute Gasteiger partial charge is 0.464 e. The summed E-state index contributed by atoms with van der Waals surface area (Å²) in [5.41, 5.74) is 0. The standard InChI is InChI=1S/C46H90N2O5/c1-7-13-17-21-23-27-32-42(30-25-19-15-9-3)45(50)52-40-38-48(44(49)34-29-37-47(35-11-5)36-12-6)39-41-53-46(51)43(31-26-20-16-10-4)33-28-24-22-18-14-8-2/h42-43H,7-41H2,1-6H3. The molecule has 0 aromatic rings. The van der Waals surface area contributed by atoms with Gasteiger partial charge in [0.2, 0.25) is 5.91 Å². The second kappa shape index (κ2) is 38.6.